The van der Waals surface area contributed by atoms with Crippen LogP contribution in [0.5, 0.6) is 0 Å². The molecular weight excluding hydrogens is 321 g/mol. The lowest BCUT2D eigenvalue weighted by Gasteiger charge is -2.09. The predicted molar refractivity (Wildman–Crippen MR) is 75.0 cm³/mol. The van der Waals surface area contributed by atoms with Gasteiger partial charge in [0.1, 0.15) is 6.07 Å². The van der Waals surface area contributed by atoms with Crippen molar-refractivity contribution in [1.29, 1.82) is 5.26 Å². The summed E-state index contributed by atoms with van der Waals surface area (Å²) in [6.07, 6.45) is -3.80. The van der Waals surface area contributed by atoms with Crippen LogP contribution in [0.4, 0.5) is 13.2 Å². The van der Waals surface area contributed by atoms with Gasteiger partial charge in [-0.2, -0.15) is 18.4 Å². The van der Waals surface area contributed by atoms with E-state index in [0.29, 0.717) is 17.0 Å². The second-order valence-corrected chi connectivity index (χ2v) is 5.55. The van der Waals surface area contributed by atoms with Crippen molar-refractivity contribution < 1.29 is 13.2 Å². The van der Waals surface area contributed by atoms with Gasteiger partial charge < -0.3 is 0 Å². The van der Waals surface area contributed by atoms with Crippen LogP contribution in [0.15, 0.2) is 41.4 Å². The highest BCUT2D eigenvalue weighted by Gasteiger charge is 2.31. The maximum absolute atomic E-state index is 12.7. The first-order valence-electron chi connectivity index (χ1n) is 5.75. The summed E-state index contributed by atoms with van der Waals surface area (Å²) in [5.74, 6) is 0.425. The fourth-order valence-corrected chi connectivity index (χ4v) is 2.62. The molecule has 0 atom stereocenters. The van der Waals surface area contributed by atoms with Crippen molar-refractivity contribution in [3.05, 3.63) is 58.4 Å². The van der Waals surface area contributed by atoms with Crippen LogP contribution in [0.2, 0.25) is 5.02 Å². The Labute approximate surface area is 128 Å². The van der Waals surface area contributed by atoms with Crippen molar-refractivity contribution >= 4 is 23.4 Å². The molecule has 0 spiro atoms. The van der Waals surface area contributed by atoms with Crippen molar-refractivity contribution in [3.63, 3.8) is 0 Å². The molecule has 1 aromatic carbocycles. The van der Waals surface area contributed by atoms with Crippen molar-refractivity contribution in [2.24, 2.45) is 0 Å². The Kier molecular flexibility index (Phi) is 4.76. The third kappa shape index (κ3) is 4.13. The van der Waals surface area contributed by atoms with E-state index < -0.39 is 11.7 Å². The van der Waals surface area contributed by atoms with E-state index in [-0.39, 0.29) is 10.6 Å². The molecule has 0 radical (unpaired) electrons. The Bertz CT molecular complexity index is 678. The lowest BCUT2D eigenvalue weighted by Crippen LogP contribution is -2.06. The summed E-state index contributed by atoms with van der Waals surface area (Å²) in [6.45, 7) is 0. The average Bonchev–Trinajstić information content (AvgIpc) is 2.45. The smallest absolute Gasteiger partial charge is 0.244 e. The van der Waals surface area contributed by atoms with E-state index in [4.69, 9.17) is 16.9 Å². The van der Waals surface area contributed by atoms with Crippen LogP contribution in [0.3, 0.4) is 0 Å². The van der Waals surface area contributed by atoms with Crippen molar-refractivity contribution in [1.82, 2.24) is 4.98 Å². The minimum atomic E-state index is -4.48. The van der Waals surface area contributed by atoms with Gasteiger partial charge in [-0.15, -0.1) is 11.8 Å². The van der Waals surface area contributed by atoms with E-state index in [1.807, 2.05) is 0 Å². The molecule has 0 saturated heterocycles. The highest BCUT2D eigenvalue weighted by molar-refractivity contribution is 7.98. The van der Waals surface area contributed by atoms with Gasteiger partial charge in [-0.25, -0.2) is 4.98 Å². The van der Waals surface area contributed by atoms with Gasteiger partial charge in [-0.3, -0.25) is 0 Å². The molecule has 0 aliphatic carbocycles. The second kappa shape index (κ2) is 6.37. The molecule has 2 rings (SSSR count). The minimum Gasteiger partial charge on any atom is -0.244 e. The maximum atomic E-state index is 12.7. The summed E-state index contributed by atoms with van der Waals surface area (Å²) in [7, 11) is 0. The average molecular weight is 329 g/mol. The third-order valence-electron chi connectivity index (χ3n) is 2.59. The molecule has 0 amide bonds. The van der Waals surface area contributed by atoms with Gasteiger partial charge in [0.25, 0.3) is 0 Å². The first kappa shape index (κ1) is 15.7. The number of nitriles is 1. The fourth-order valence-electron chi connectivity index (χ4n) is 1.54. The molecule has 1 heterocycles. The van der Waals surface area contributed by atoms with E-state index in [2.05, 4.69) is 4.98 Å². The zero-order chi connectivity index (χ0) is 15.5. The highest BCUT2D eigenvalue weighted by atomic mass is 35.5. The summed E-state index contributed by atoms with van der Waals surface area (Å²) in [4.78, 5) is 3.78. The molecule has 0 aliphatic rings. The van der Waals surface area contributed by atoms with Gasteiger partial charge in [0.2, 0.25) is 0 Å². The summed E-state index contributed by atoms with van der Waals surface area (Å²) < 4.78 is 38.0. The number of pyridine rings is 1. The summed E-state index contributed by atoms with van der Waals surface area (Å²) >= 11 is 6.90. The molecule has 0 fully saturated rings. The molecule has 0 bridgehead atoms. The van der Waals surface area contributed by atoms with E-state index in [1.165, 1.54) is 0 Å². The van der Waals surface area contributed by atoms with Gasteiger partial charge >= 0.3 is 6.18 Å². The molecule has 2 nitrogen and oxygen atoms in total. The standard InChI is InChI=1S/C14H8ClF3N2S/c15-11-3-1-9(2-4-11)8-21-13-5-10(14(16,17)18)7-20-12(13)6-19/h1-5,7H,8H2. The lowest BCUT2D eigenvalue weighted by atomic mass is 10.2. The number of halogens is 4. The first-order chi connectivity index (χ1) is 9.90. The molecule has 1 aromatic heterocycles. The largest absolute Gasteiger partial charge is 0.417 e. The van der Waals surface area contributed by atoms with Gasteiger partial charge in [0.05, 0.1) is 5.56 Å². The van der Waals surface area contributed by atoms with Gasteiger partial charge in [0.15, 0.2) is 5.69 Å². The Morgan fingerprint density at radius 1 is 1.24 bits per heavy atom. The van der Waals surface area contributed by atoms with Gasteiger partial charge in [-0.1, -0.05) is 23.7 Å². The number of hydrogen-bond acceptors (Lipinski definition) is 3. The van der Waals surface area contributed by atoms with Crippen LogP contribution in [-0.4, -0.2) is 4.98 Å². The number of alkyl halides is 3. The molecule has 108 valence electrons. The first-order valence-corrected chi connectivity index (χ1v) is 7.11. The molecule has 7 heteroatoms. The molecule has 0 aliphatic heterocycles. The summed E-state index contributed by atoms with van der Waals surface area (Å²) in [6, 6.07) is 9.71. The Morgan fingerprint density at radius 3 is 2.48 bits per heavy atom. The number of nitrogens with zero attached hydrogens (tertiary/aromatic N) is 2. The second-order valence-electron chi connectivity index (χ2n) is 4.10. The predicted octanol–water partition coefficient (Wildman–Crippen LogP) is 4.92. The summed E-state index contributed by atoms with van der Waals surface area (Å²) in [5, 5.41) is 9.51. The van der Waals surface area contributed by atoms with Gasteiger partial charge in [-0.05, 0) is 23.8 Å². The maximum Gasteiger partial charge on any atom is 0.417 e. The number of thioether (sulfide) groups is 1. The Morgan fingerprint density at radius 2 is 1.90 bits per heavy atom. The quantitative estimate of drug-likeness (QED) is 0.750. The van der Waals surface area contributed by atoms with Crippen molar-refractivity contribution in [2.45, 2.75) is 16.8 Å². The zero-order valence-electron chi connectivity index (χ0n) is 10.5. The van der Waals surface area contributed by atoms with Gasteiger partial charge in [0, 0.05) is 21.9 Å². The normalized spacial score (nSPS) is 11.2. The SMILES string of the molecule is N#Cc1ncc(C(F)(F)F)cc1SCc1ccc(Cl)cc1. The molecule has 2 aromatic rings. The number of hydrogen-bond donors (Lipinski definition) is 0. The zero-order valence-corrected chi connectivity index (χ0v) is 12.1. The third-order valence-corrected chi connectivity index (χ3v) is 3.95. The monoisotopic (exact) mass is 328 g/mol. The topological polar surface area (TPSA) is 36.7 Å². The minimum absolute atomic E-state index is 0.0121. The van der Waals surface area contributed by atoms with Crippen LogP contribution in [0.1, 0.15) is 16.8 Å². The molecule has 0 N–H and O–H groups in total. The fraction of sp³-hybridized carbons (Fsp3) is 0.143. The van der Waals surface area contributed by atoms with Crippen LogP contribution in [0.25, 0.3) is 0 Å². The number of aromatic nitrogens is 1. The molecule has 21 heavy (non-hydrogen) atoms. The molecule has 0 saturated carbocycles. The lowest BCUT2D eigenvalue weighted by molar-refractivity contribution is -0.138. The number of rotatable bonds is 3. The van der Waals surface area contributed by atoms with Crippen molar-refractivity contribution in [2.75, 3.05) is 0 Å². The molecular formula is C14H8ClF3N2S. The van der Waals surface area contributed by atoms with Crippen molar-refractivity contribution in [3.8, 4) is 6.07 Å². The Hall–Kier alpha value is -1.71. The number of benzene rings is 1. The van der Waals surface area contributed by atoms with E-state index in [0.717, 1.165) is 23.4 Å². The highest BCUT2D eigenvalue weighted by Crippen LogP contribution is 2.33. The van der Waals surface area contributed by atoms with E-state index in [9.17, 15) is 13.2 Å². The Balaban J connectivity index is 2.22. The van der Waals surface area contributed by atoms with Crippen LogP contribution < -0.4 is 0 Å². The van der Waals surface area contributed by atoms with E-state index in [1.54, 1.807) is 30.3 Å². The van der Waals surface area contributed by atoms with Crippen LogP contribution in [0, 0.1) is 11.3 Å². The van der Waals surface area contributed by atoms with Crippen LogP contribution >= 0.6 is 23.4 Å². The van der Waals surface area contributed by atoms with Crippen LogP contribution in [-0.2, 0) is 11.9 Å². The van der Waals surface area contributed by atoms with E-state index >= 15 is 0 Å². The summed E-state index contributed by atoms with van der Waals surface area (Å²) in [5.41, 5.74) is 0.0211. The molecule has 0 unspecified atom stereocenters.